The standard InChI is InChI=1S/C8H5N3O/c1-6-8(11-4-10-6)5-2-12-3-7(5)9-1/h1-4H,(H,10,11). The summed E-state index contributed by atoms with van der Waals surface area (Å²) in [6.07, 6.45) is 6.67. The van der Waals surface area contributed by atoms with Gasteiger partial charge in [0, 0.05) is 0 Å². The van der Waals surface area contributed by atoms with E-state index in [1.807, 2.05) is 0 Å². The lowest BCUT2D eigenvalue weighted by molar-refractivity contribution is 0.572. The van der Waals surface area contributed by atoms with Crippen LogP contribution in [0.2, 0.25) is 0 Å². The van der Waals surface area contributed by atoms with Crippen molar-refractivity contribution in [1.29, 1.82) is 0 Å². The highest BCUT2D eigenvalue weighted by Crippen LogP contribution is 2.20. The zero-order chi connectivity index (χ0) is 7.97. The van der Waals surface area contributed by atoms with Crippen molar-refractivity contribution in [3.05, 3.63) is 25.1 Å². The minimum absolute atomic E-state index is 0.842. The van der Waals surface area contributed by atoms with Crippen LogP contribution in [-0.4, -0.2) is 15.0 Å². The van der Waals surface area contributed by atoms with E-state index >= 15 is 0 Å². The first-order chi connectivity index (χ1) is 5.95. The summed E-state index contributed by atoms with van der Waals surface area (Å²) in [4.78, 5) is 11.3. The average Bonchev–Trinajstić information content (AvgIpc) is 2.71. The van der Waals surface area contributed by atoms with E-state index in [1.54, 1.807) is 25.1 Å². The lowest BCUT2D eigenvalue weighted by Crippen LogP contribution is -1.74. The number of imidazole rings is 1. The van der Waals surface area contributed by atoms with Crippen molar-refractivity contribution in [2.45, 2.75) is 0 Å². The van der Waals surface area contributed by atoms with Gasteiger partial charge in [-0.25, -0.2) is 4.98 Å². The smallest absolute Gasteiger partial charge is 0.117 e. The van der Waals surface area contributed by atoms with E-state index in [9.17, 15) is 0 Å². The highest BCUT2D eigenvalue weighted by atomic mass is 16.3. The maximum atomic E-state index is 5.03. The van der Waals surface area contributed by atoms with Crippen LogP contribution in [-0.2, 0) is 0 Å². The SMILES string of the molecule is c1nc2c(cnc3cocc32)[nH]1. The summed E-state index contributed by atoms with van der Waals surface area (Å²) in [6, 6.07) is 0. The second-order valence-corrected chi connectivity index (χ2v) is 2.59. The Balaban J connectivity index is 2.71. The summed E-state index contributed by atoms with van der Waals surface area (Å²) in [5, 5.41) is 0.953. The maximum absolute atomic E-state index is 5.03. The van der Waals surface area contributed by atoms with E-state index in [0.717, 1.165) is 21.9 Å². The van der Waals surface area contributed by atoms with Gasteiger partial charge in [-0.15, -0.1) is 0 Å². The molecular weight excluding hydrogens is 154 g/mol. The number of H-pyrrole nitrogens is 1. The third kappa shape index (κ3) is 0.567. The van der Waals surface area contributed by atoms with Gasteiger partial charge in [-0.05, 0) is 0 Å². The Bertz CT molecular complexity index is 487. The molecule has 0 saturated heterocycles. The molecule has 0 aromatic carbocycles. The molecule has 1 N–H and O–H groups in total. The van der Waals surface area contributed by atoms with Gasteiger partial charge in [-0.3, -0.25) is 4.98 Å². The molecule has 12 heavy (non-hydrogen) atoms. The zero-order valence-corrected chi connectivity index (χ0v) is 6.11. The van der Waals surface area contributed by atoms with Crippen molar-refractivity contribution in [3.8, 4) is 0 Å². The quantitative estimate of drug-likeness (QED) is 0.543. The number of rotatable bonds is 0. The van der Waals surface area contributed by atoms with E-state index in [2.05, 4.69) is 15.0 Å². The summed E-state index contributed by atoms with van der Waals surface area (Å²) < 4.78 is 5.03. The van der Waals surface area contributed by atoms with Gasteiger partial charge in [0.15, 0.2) is 0 Å². The predicted molar refractivity (Wildman–Crippen MR) is 43.7 cm³/mol. The second kappa shape index (κ2) is 1.85. The number of nitrogens with one attached hydrogen (secondary N) is 1. The molecule has 0 unspecified atom stereocenters. The van der Waals surface area contributed by atoms with Crippen LogP contribution >= 0.6 is 0 Å². The highest BCUT2D eigenvalue weighted by Gasteiger charge is 2.04. The number of furan rings is 1. The van der Waals surface area contributed by atoms with Crippen molar-refractivity contribution >= 4 is 21.9 Å². The molecule has 0 atom stereocenters. The van der Waals surface area contributed by atoms with Crippen LogP contribution < -0.4 is 0 Å². The normalized spacial score (nSPS) is 11.3. The average molecular weight is 159 g/mol. The van der Waals surface area contributed by atoms with Gasteiger partial charge in [0.05, 0.1) is 23.4 Å². The van der Waals surface area contributed by atoms with Crippen molar-refractivity contribution in [2.75, 3.05) is 0 Å². The molecule has 0 aliphatic heterocycles. The lowest BCUT2D eigenvalue weighted by Gasteiger charge is -1.87. The second-order valence-electron chi connectivity index (χ2n) is 2.59. The first kappa shape index (κ1) is 5.77. The molecule has 0 amide bonds. The van der Waals surface area contributed by atoms with Gasteiger partial charge in [0.25, 0.3) is 0 Å². The Labute approximate surface area is 67.2 Å². The topological polar surface area (TPSA) is 54.7 Å². The molecule has 3 rings (SSSR count). The molecule has 3 aromatic heterocycles. The Kier molecular flexibility index (Phi) is 0.889. The van der Waals surface area contributed by atoms with Gasteiger partial charge < -0.3 is 9.40 Å². The van der Waals surface area contributed by atoms with Gasteiger partial charge in [-0.2, -0.15) is 0 Å². The summed E-state index contributed by atoms with van der Waals surface area (Å²) >= 11 is 0. The summed E-state index contributed by atoms with van der Waals surface area (Å²) in [5.74, 6) is 0. The lowest BCUT2D eigenvalue weighted by atomic mass is 10.3. The van der Waals surface area contributed by atoms with Crippen LogP contribution in [0.5, 0.6) is 0 Å². The summed E-state index contributed by atoms with van der Waals surface area (Å²) in [5.41, 5.74) is 2.69. The molecule has 4 heteroatoms. The monoisotopic (exact) mass is 159 g/mol. The van der Waals surface area contributed by atoms with Crippen molar-refractivity contribution in [1.82, 2.24) is 15.0 Å². The van der Waals surface area contributed by atoms with E-state index < -0.39 is 0 Å². The van der Waals surface area contributed by atoms with Crippen LogP contribution in [0, 0.1) is 0 Å². The van der Waals surface area contributed by atoms with Crippen LogP contribution in [0.4, 0.5) is 0 Å². The minimum atomic E-state index is 0.842. The number of pyridine rings is 1. The zero-order valence-electron chi connectivity index (χ0n) is 6.11. The molecule has 0 bridgehead atoms. The van der Waals surface area contributed by atoms with Crippen molar-refractivity contribution < 1.29 is 4.42 Å². The number of aromatic amines is 1. The van der Waals surface area contributed by atoms with Crippen LogP contribution in [0.25, 0.3) is 21.9 Å². The Morgan fingerprint density at radius 1 is 1.25 bits per heavy atom. The molecule has 0 spiro atoms. The molecule has 4 nitrogen and oxygen atoms in total. The fourth-order valence-electron chi connectivity index (χ4n) is 1.32. The number of aromatic nitrogens is 3. The molecule has 58 valence electrons. The third-order valence-corrected chi connectivity index (χ3v) is 1.90. The Morgan fingerprint density at radius 3 is 3.25 bits per heavy atom. The van der Waals surface area contributed by atoms with Gasteiger partial charge in [0.2, 0.25) is 0 Å². The number of nitrogens with zero attached hydrogens (tertiary/aromatic N) is 2. The molecule has 3 aromatic rings. The molecular formula is C8H5N3O. The molecule has 0 aliphatic rings. The summed E-state index contributed by atoms with van der Waals surface area (Å²) in [7, 11) is 0. The van der Waals surface area contributed by atoms with E-state index in [-0.39, 0.29) is 0 Å². The third-order valence-electron chi connectivity index (χ3n) is 1.90. The van der Waals surface area contributed by atoms with Crippen LogP contribution in [0.15, 0.2) is 29.5 Å². The first-order valence-electron chi connectivity index (χ1n) is 3.59. The largest absolute Gasteiger partial charge is 0.470 e. The Hall–Kier alpha value is -1.84. The highest BCUT2D eigenvalue weighted by molar-refractivity contribution is 6.00. The van der Waals surface area contributed by atoms with E-state index in [0.29, 0.717) is 0 Å². The van der Waals surface area contributed by atoms with Crippen LogP contribution in [0.1, 0.15) is 0 Å². The first-order valence-corrected chi connectivity index (χ1v) is 3.59. The van der Waals surface area contributed by atoms with Gasteiger partial charge in [-0.1, -0.05) is 0 Å². The summed E-state index contributed by atoms with van der Waals surface area (Å²) in [6.45, 7) is 0. The van der Waals surface area contributed by atoms with E-state index in [4.69, 9.17) is 4.42 Å². The van der Waals surface area contributed by atoms with Crippen molar-refractivity contribution in [3.63, 3.8) is 0 Å². The molecule has 0 fully saturated rings. The van der Waals surface area contributed by atoms with E-state index in [1.165, 1.54) is 0 Å². The molecule has 0 radical (unpaired) electrons. The number of hydrogen-bond acceptors (Lipinski definition) is 3. The fourth-order valence-corrected chi connectivity index (χ4v) is 1.32. The van der Waals surface area contributed by atoms with Gasteiger partial charge >= 0.3 is 0 Å². The number of fused-ring (bicyclic) bond motifs is 3. The molecule has 0 saturated carbocycles. The Morgan fingerprint density at radius 2 is 2.25 bits per heavy atom. The predicted octanol–water partition coefficient (Wildman–Crippen LogP) is 1.70. The fraction of sp³-hybridized carbons (Fsp3) is 0. The van der Waals surface area contributed by atoms with Crippen LogP contribution in [0.3, 0.4) is 0 Å². The molecule has 3 heterocycles. The number of hydrogen-bond donors (Lipinski definition) is 1. The minimum Gasteiger partial charge on any atom is -0.470 e. The van der Waals surface area contributed by atoms with Crippen molar-refractivity contribution in [2.24, 2.45) is 0 Å². The van der Waals surface area contributed by atoms with Gasteiger partial charge in [0.1, 0.15) is 23.6 Å². The molecule has 0 aliphatic carbocycles. The maximum Gasteiger partial charge on any atom is 0.117 e.